The lowest BCUT2D eigenvalue weighted by molar-refractivity contribution is -0.123. The molecule has 0 saturated carbocycles. The van der Waals surface area contributed by atoms with Crippen LogP contribution in [-0.4, -0.2) is 37.6 Å². The van der Waals surface area contributed by atoms with Crippen molar-refractivity contribution in [1.82, 2.24) is 5.32 Å². The highest BCUT2D eigenvalue weighted by Crippen LogP contribution is 2.30. The van der Waals surface area contributed by atoms with Gasteiger partial charge in [-0.2, -0.15) is 0 Å². The first-order valence-corrected chi connectivity index (χ1v) is 11.6. The Balaban J connectivity index is 1.76. The number of hydrogen-bond acceptors (Lipinski definition) is 5. The molecule has 0 aliphatic heterocycles. The van der Waals surface area contributed by atoms with Gasteiger partial charge in [0, 0.05) is 34.7 Å². The smallest absolute Gasteiger partial charge is 0.258 e. The van der Waals surface area contributed by atoms with E-state index in [2.05, 4.69) is 10.6 Å². The van der Waals surface area contributed by atoms with Crippen LogP contribution >= 0.6 is 0 Å². The fourth-order valence-corrected chi connectivity index (χ4v) is 3.61. The summed E-state index contributed by atoms with van der Waals surface area (Å²) in [4.78, 5) is 27.1. The SMILES string of the molecule is COc1cc(C(=O)N(c2ccc(Nc3ccccc3)cc2)C(C)C)ccc1OCC(=O)NC(C)C. The number of para-hydroxylation sites is 1. The second kappa shape index (κ2) is 11.9. The summed E-state index contributed by atoms with van der Waals surface area (Å²) < 4.78 is 11.0. The highest BCUT2D eigenvalue weighted by molar-refractivity contribution is 6.07. The minimum atomic E-state index is -0.224. The topological polar surface area (TPSA) is 79.9 Å². The minimum absolute atomic E-state index is 0.0261. The van der Waals surface area contributed by atoms with Crippen LogP contribution in [0.25, 0.3) is 0 Å². The molecule has 0 bridgehead atoms. The zero-order valence-corrected chi connectivity index (χ0v) is 20.9. The number of amides is 2. The molecule has 3 rings (SSSR count). The van der Waals surface area contributed by atoms with Gasteiger partial charge in [-0.1, -0.05) is 18.2 Å². The van der Waals surface area contributed by atoms with Crippen molar-refractivity contribution in [1.29, 1.82) is 0 Å². The van der Waals surface area contributed by atoms with Crippen molar-refractivity contribution in [2.45, 2.75) is 39.8 Å². The van der Waals surface area contributed by atoms with Gasteiger partial charge < -0.3 is 25.0 Å². The molecule has 2 amide bonds. The van der Waals surface area contributed by atoms with E-state index in [1.165, 1.54) is 7.11 Å². The van der Waals surface area contributed by atoms with Crippen LogP contribution in [-0.2, 0) is 4.79 Å². The maximum atomic E-state index is 13.5. The monoisotopic (exact) mass is 475 g/mol. The van der Waals surface area contributed by atoms with E-state index in [-0.39, 0.29) is 30.5 Å². The zero-order valence-electron chi connectivity index (χ0n) is 20.9. The lowest BCUT2D eigenvalue weighted by Gasteiger charge is -2.27. The van der Waals surface area contributed by atoms with E-state index < -0.39 is 0 Å². The van der Waals surface area contributed by atoms with E-state index in [9.17, 15) is 9.59 Å². The zero-order chi connectivity index (χ0) is 25.4. The predicted molar refractivity (Wildman–Crippen MR) is 140 cm³/mol. The molecule has 0 unspecified atom stereocenters. The van der Waals surface area contributed by atoms with Gasteiger partial charge in [-0.15, -0.1) is 0 Å². The number of ether oxygens (including phenoxy) is 2. The Hall–Kier alpha value is -4.00. The molecule has 35 heavy (non-hydrogen) atoms. The Kier molecular flexibility index (Phi) is 8.73. The number of carbonyl (C=O) groups excluding carboxylic acids is 2. The molecule has 0 saturated heterocycles. The largest absolute Gasteiger partial charge is 0.493 e. The first kappa shape index (κ1) is 25.6. The maximum Gasteiger partial charge on any atom is 0.258 e. The van der Waals surface area contributed by atoms with Crippen molar-refractivity contribution in [3.63, 3.8) is 0 Å². The van der Waals surface area contributed by atoms with E-state index in [0.717, 1.165) is 17.1 Å². The van der Waals surface area contributed by atoms with E-state index >= 15 is 0 Å². The van der Waals surface area contributed by atoms with Gasteiger partial charge in [0.1, 0.15) is 0 Å². The Morgan fingerprint density at radius 2 is 1.51 bits per heavy atom. The van der Waals surface area contributed by atoms with Crippen LogP contribution in [0.3, 0.4) is 0 Å². The number of nitrogens with one attached hydrogen (secondary N) is 2. The molecule has 2 N–H and O–H groups in total. The average Bonchev–Trinajstić information content (AvgIpc) is 2.83. The Morgan fingerprint density at radius 3 is 2.11 bits per heavy atom. The van der Waals surface area contributed by atoms with Gasteiger partial charge >= 0.3 is 0 Å². The van der Waals surface area contributed by atoms with Crippen molar-refractivity contribution in [3.05, 3.63) is 78.4 Å². The summed E-state index contributed by atoms with van der Waals surface area (Å²) in [5.74, 6) is 0.402. The molecule has 184 valence electrons. The summed E-state index contributed by atoms with van der Waals surface area (Å²) in [7, 11) is 1.50. The van der Waals surface area contributed by atoms with Crippen molar-refractivity contribution >= 4 is 28.9 Å². The van der Waals surface area contributed by atoms with Crippen molar-refractivity contribution in [2.75, 3.05) is 23.9 Å². The van der Waals surface area contributed by atoms with Gasteiger partial charge in [-0.25, -0.2) is 0 Å². The van der Waals surface area contributed by atoms with Crippen LogP contribution in [0.15, 0.2) is 72.8 Å². The summed E-state index contributed by atoms with van der Waals surface area (Å²) in [5, 5.41) is 6.12. The predicted octanol–water partition coefficient (Wildman–Crippen LogP) is 5.40. The minimum Gasteiger partial charge on any atom is -0.493 e. The molecule has 3 aromatic rings. The number of rotatable bonds is 10. The van der Waals surface area contributed by atoms with Crippen LogP contribution < -0.4 is 25.0 Å². The van der Waals surface area contributed by atoms with Crippen LogP contribution in [0.1, 0.15) is 38.1 Å². The standard InChI is InChI=1S/C28H33N3O4/c1-19(2)29-27(32)18-35-25-16-11-21(17-26(25)34-5)28(33)31(20(3)4)24-14-12-23(13-15-24)30-22-9-7-6-8-10-22/h6-17,19-20,30H,18H2,1-5H3,(H,29,32). The Bertz CT molecular complexity index is 1130. The molecule has 0 fully saturated rings. The second-order valence-corrected chi connectivity index (χ2v) is 8.68. The lowest BCUT2D eigenvalue weighted by atomic mass is 10.1. The fourth-order valence-electron chi connectivity index (χ4n) is 3.61. The van der Waals surface area contributed by atoms with E-state index in [4.69, 9.17) is 9.47 Å². The van der Waals surface area contributed by atoms with Crippen LogP contribution in [0, 0.1) is 0 Å². The summed E-state index contributed by atoms with van der Waals surface area (Å²) in [6.45, 7) is 7.56. The Labute approximate surface area is 207 Å². The molecule has 0 heterocycles. The summed E-state index contributed by atoms with van der Waals surface area (Å²) in [6, 6.07) is 22.6. The Morgan fingerprint density at radius 1 is 0.857 bits per heavy atom. The number of methoxy groups -OCH3 is 1. The van der Waals surface area contributed by atoms with Crippen LogP contribution in [0.5, 0.6) is 11.5 Å². The number of carbonyl (C=O) groups is 2. The number of hydrogen-bond donors (Lipinski definition) is 2. The molecule has 0 aromatic heterocycles. The highest BCUT2D eigenvalue weighted by atomic mass is 16.5. The molecule has 0 atom stereocenters. The van der Waals surface area contributed by atoms with Gasteiger partial charge in [-0.05, 0) is 82.3 Å². The fraction of sp³-hybridized carbons (Fsp3) is 0.286. The quantitative estimate of drug-likeness (QED) is 0.411. The van der Waals surface area contributed by atoms with E-state index in [0.29, 0.717) is 17.1 Å². The number of benzene rings is 3. The lowest BCUT2D eigenvalue weighted by Crippen LogP contribution is -2.37. The van der Waals surface area contributed by atoms with E-state index in [1.807, 2.05) is 82.3 Å². The van der Waals surface area contributed by atoms with Crippen LogP contribution in [0.2, 0.25) is 0 Å². The third kappa shape index (κ3) is 6.99. The summed E-state index contributed by atoms with van der Waals surface area (Å²) >= 11 is 0. The average molecular weight is 476 g/mol. The molecule has 0 aliphatic carbocycles. The first-order chi connectivity index (χ1) is 16.8. The molecule has 7 heteroatoms. The van der Waals surface area contributed by atoms with Crippen LogP contribution in [0.4, 0.5) is 17.1 Å². The third-order valence-corrected chi connectivity index (χ3v) is 5.16. The summed E-state index contributed by atoms with van der Waals surface area (Å²) in [6.07, 6.45) is 0. The van der Waals surface area contributed by atoms with Gasteiger partial charge in [0.15, 0.2) is 18.1 Å². The maximum absolute atomic E-state index is 13.5. The van der Waals surface area contributed by atoms with Gasteiger partial charge in [0.25, 0.3) is 11.8 Å². The molecule has 0 aliphatic rings. The third-order valence-electron chi connectivity index (χ3n) is 5.16. The van der Waals surface area contributed by atoms with Crippen molar-refractivity contribution < 1.29 is 19.1 Å². The van der Waals surface area contributed by atoms with Gasteiger partial charge in [-0.3, -0.25) is 9.59 Å². The molecular formula is C28H33N3O4. The molecule has 0 spiro atoms. The first-order valence-electron chi connectivity index (χ1n) is 11.6. The number of nitrogens with zero attached hydrogens (tertiary/aromatic N) is 1. The number of anilines is 3. The highest BCUT2D eigenvalue weighted by Gasteiger charge is 2.22. The summed E-state index contributed by atoms with van der Waals surface area (Å²) in [5.41, 5.74) is 3.17. The molecule has 3 aromatic carbocycles. The molecule has 0 radical (unpaired) electrons. The van der Waals surface area contributed by atoms with Crippen molar-refractivity contribution in [2.24, 2.45) is 0 Å². The second-order valence-electron chi connectivity index (χ2n) is 8.68. The molecule has 7 nitrogen and oxygen atoms in total. The van der Waals surface area contributed by atoms with E-state index in [1.54, 1.807) is 23.1 Å². The van der Waals surface area contributed by atoms with Crippen molar-refractivity contribution in [3.8, 4) is 11.5 Å². The van der Waals surface area contributed by atoms with Gasteiger partial charge in [0.05, 0.1) is 7.11 Å². The van der Waals surface area contributed by atoms with Gasteiger partial charge in [0.2, 0.25) is 0 Å². The normalized spacial score (nSPS) is 10.7. The molecular weight excluding hydrogens is 442 g/mol.